The first kappa shape index (κ1) is 14.0. The molecule has 0 atom stereocenters. The zero-order valence-electron chi connectivity index (χ0n) is 9.75. The Balaban J connectivity index is 2.19. The minimum absolute atomic E-state index is 0.291. The summed E-state index contributed by atoms with van der Waals surface area (Å²) in [6, 6.07) is 12.2. The molecule has 0 aromatic heterocycles. The van der Waals surface area contributed by atoms with Crippen molar-refractivity contribution in [2.75, 3.05) is 5.32 Å². The normalized spacial score (nSPS) is 10.0. The molecule has 5 heteroatoms. The summed E-state index contributed by atoms with van der Waals surface area (Å²) >= 11 is 6.61. The van der Waals surface area contributed by atoms with Crippen LogP contribution < -0.4 is 5.32 Å². The van der Waals surface area contributed by atoms with E-state index in [-0.39, 0.29) is 5.82 Å². The lowest BCUT2D eigenvalue weighted by Crippen LogP contribution is -2.01. The van der Waals surface area contributed by atoms with Crippen LogP contribution in [0, 0.1) is 17.1 Å². The number of hydrogen-bond acceptors (Lipinski definition) is 2. The van der Waals surface area contributed by atoms with Crippen molar-refractivity contribution in [1.29, 1.82) is 5.26 Å². The van der Waals surface area contributed by atoms with Gasteiger partial charge >= 0.3 is 0 Å². The fraction of sp³-hybridized carbons (Fsp3) is 0.0714. The SMILES string of the molecule is N#Cc1ccc(Br)cc1NCc1cc(F)cc(Br)c1. The third-order valence-corrected chi connectivity index (χ3v) is 3.46. The van der Waals surface area contributed by atoms with Crippen molar-refractivity contribution in [3.63, 3.8) is 0 Å². The van der Waals surface area contributed by atoms with Gasteiger partial charge < -0.3 is 5.32 Å². The summed E-state index contributed by atoms with van der Waals surface area (Å²) in [5.74, 6) is -0.291. The minimum atomic E-state index is -0.291. The van der Waals surface area contributed by atoms with Crippen LogP contribution in [0.25, 0.3) is 0 Å². The van der Waals surface area contributed by atoms with Crippen LogP contribution in [0.5, 0.6) is 0 Å². The maximum absolute atomic E-state index is 13.2. The van der Waals surface area contributed by atoms with Gasteiger partial charge in [-0.25, -0.2) is 4.39 Å². The zero-order chi connectivity index (χ0) is 13.8. The van der Waals surface area contributed by atoms with Gasteiger partial charge in [-0.2, -0.15) is 5.26 Å². The quantitative estimate of drug-likeness (QED) is 0.823. The molecule has 96 valence electrons. The van der Waals surface area contributed by atoms with Gasteiger partial charge in [-0.3, -0.25) is 0 Å². The van der Waals surface area contributed by atoms with E-state index in [1.807, 2.05) is 18.2 Å². The van der Waals surface area contributed by atoms with Crippen LogP contribution in [0.2, 0.25) is 0 Å². The summed E-state index contributed by atoms with van der Waals surface area (Å²) < 4.78 is 14.8. The van der Waals surface area contributed by atoms with Crippen molar-refractivity contribution in [2.45, 2.75) is 6.54 Å². The number of benzene rings is 2. The van der Waals surface area contributed by atoms with E-state index in [2.05, 4.69) is 43.2 Å². The van der Waals surface area contributed by atoms with Crippen LogP contribution in [-0.2, 0) is 6.54 Å². The van der Waals surface area contributed by atoms with Crippen LogP contribution >= 0.6 is 31.9 Å². The monoisotopic (exact) mass is 382 g/mol. The first-order valence-electron chi connectivity index (χ1n) is 5.47. The van der Waals surface area contributed by atoms with Crippen molar-refractivity contribution >= 4 is 37.5 Å². The van der Waals surface area contributed by atoms with E-state index in [1.165, 1.54) is 12.1 Å². The molecule has 0 aliphatic heterocycles. The van der Waals surface area contributed by atoms with Crippen molar-refractivity contribution in [3.8, 4) is 6.07 Å². The fourth-order valence-electron chi connectivity index (χ4n) is 1.67. The number of rotatable bonds is 3. The molecule has 0 saturated heterocycles. The summed E-state index contributed by atoms with van der Waals surface area (Å²) in [5, 5.41) is 12.2. The molecular weight excluding hydrogens is 375 g/mol. The number of nitrogens with one attached hydrogen (secondary N) is 1. The average molecular weight is 384 g/mol. The van der Waals surface area contributed by atoms with Crippen LogP contribution in [-0.4, -0.2) is 0 Å². The van der Waals surface area contributed by atoms with Crippen molar-refractivity contribution in [3.05, 3.63) is 62.3 Å². The maximum Gasteiger partial charge on any atom is 0.124 e. The highest BCUT2D eigenvalue weighted by atomic mass is 79.9. The van der Waals surface area contributed by atoms with Gasteiger partial charge in [0, 0.05) is 15.5 Å². The lowest BCUT2D eigenvalue weighted by molar-refractivity contribution is 0.625. The molecule has 2 rings (SSSR count). The highest BCUT2D eigenvalue weighted by Crippen LogP contribution is 2.22. The number of hydrogen-bond donors (Lipinski definition) is 1. The Hall–Kier alpha value is -1.38. The topological polar surface area (TPSA) is 35.8 Å². The molecule has 0 bridgehead atoms. The second kappa shape index (κ2) is 6.18. The summed E-state index contributed by atoms with van der Waals surface area (Å²) in [7, 11) is 0. The number of nitrogens with zero attached hydrogens (tertiary/aromatic N) is 1. The van der Waals surface area contributed by atoms with Crippen LogP contribution in [0.1, 0.15) is 11.1 Å². The lowest BCUT2D eigenvalue weighted by Gasteiger charge is -2.09. The molecule has 2 aromatic rings. The summed E-state index contributed by atoms with van der Waals surface area (Å²) in [4.78, 5) is 0. The van der Waals surface area contributed by atoms with Gasteiger partial charge in [0.25, 0.3) is 0 Å². The molecule has 0 saturated carbocycles. The van der Waals surface area contributed by atoms with E-state index in [1.54, 1.807) is 6.07 Å². The Bertz CT molecular complexity index is 630. The Morgan fingerprint density at radius 2 is 1.89 bits per heavy atom. The standard InChI is InChI=1S/C14H9Br2FN2/c15-11-2-1-10(7-18)14(6-11)19-8-9-3-12(16)5-13(17)4-9/h1-6,19H,8H2. The van der Waals surface area contributed by atoms with Crippen LogP contribution in [0.3, 0.4) is 0 Å². The fourth-order valence-corrected chi connectivity index (χ4v) is 2.54. The predicted octanol–water partition coefficient (Wildman–Crippen LogP) is 4.83. The van der Waals surface area contributed by atoms with E-state index in [9.17, 15) is 4.39 Å². The van der Waals surface area contributed by atoms with E-state index < -0.39 is 0 Å². The van der Waals surface area contributed by atoms with Crippen LogP contribution in [0.4, 0.5) is 10.1 Å². The molecule has 0 fully saturated rings. The number of anilines is 1. The van der Waals surface area contributed by atoms with Gasteiger partial charge in [-0.15, -0.1) is 0 Å². The molecule has 1 N–H and O–H groups in total. The molecule has 0 heterocycles. The highest BCUT2D eigenvalue weighted by Gasteiger charge is 2.04. The van der Waals surface area contributed by atoms with E-state index in [0.29, 0.717) is 16.6 Å². The minimum Gasteiger partial charge on any atom is -0.380 e. The Morgan fingerprint density at radius 1 is 1.11 bits per heavy atom. The lowest BCUT2D eigenvalue weighted by atomic mass is 10.1. The average Bonchev–Trinajstić information content (AvgIpc) is 2.35. The summed E-state index contributed by atoms with van der Waals surface area (Å²) in [6.45, 7) is 0.446. The van der Waals surface area contributed by atoms with Gasteiger partial charge in [0.05, 0.1) is 11.3 Å². The van der Waals surface area contributed by atoms with Crippen LogP contribution in [0.15, 0.2) is 45.3 Å². The molecule has 0 aliphatic carbocycles. The maximum atomic E-state index is 13.2. The first-order chi connectivity index (χ1) is 9.08. The second-order valence-electron chi connectivity index (χ2n) is 3.93. The molecule has 2 nitrogen and oxygen atoms in total. The summed E-state index contributed by atoms with van der Waals surface area (Å²) in [6.07, 6.45) is 0. The van der Waals surface area contributed by atoms with E-state index >= 15 is 0 Å². The highest BCUT2D eigenvalue weighted by molar-refractivity contribution is 9.10. The Labute approximate surface area is 127 Å². The Morgan fingerprint density at radius 3 is 2.58 bits per heavy atom. The van der Waals surface area contributed by atoms with Crippen molar-refractivity contribution < 1.29 is 4.39 Å². The predicted molar refractivity (Wildman–Crippen MR) is 80.3 cm³/mol. The van der Waals surface area contributed by atoms with Crippen molar-refractivity contribution in [2.24, 2.45) is 0 Å². The smallest absolute Gasteiger partial charge is 0.124 e. The molecule has 2 aromatic carbocycles. The van der Waals surface area contributed by atoms with E-state index in [0.717, 1.165) is 15.7 Å². The Kier molecular flexibility index (Phi) is 4.56. The second-order valence-corrected chi connectivity index (χ2v) is 5.76. The largest absolute Gasteiger partial charge is 0.380 e. The zero-order valence-corrected chi connectivity index (χ0v) is 12.9. The molecule has 0 spiro atoms. The third kappa shape index (κ3) is 3.79. The molecule has 0 aliphatic rings. The number of halogens is 3. The molecule has 19 heavy (non-hydrogen) atoms. The molecule has 0 radical (unpaired) electrons. The van der Waals surface area contributed by atoms with Gasteiger partial charge in [-0.1, -0.05) is 31.9 Å². The molecule has 0 amide bonds. The first-order valence-corrected chi connectivity index (χ1v) is 7.05. The number of nitriles is 1. The molecular formula is C14H9Br2FN2. The third-order valence-electron chi connectivity index (χ3n) is 2.51. The summed E-state index contributed by atoms with van der Waals surface area (Å²) in [5.41, 5.74) is 2.08. The van der Waals surface area contributed by atoms with Gasteiger partial charge in [0.15, 0.2) is 0 Å². The van der Waals surface area contributed by atoms with Gasteiger partial charge in [0.1, 0.15) is 11.9 Å². The van der Waals surface area contributed by atoms with Crippen molar-refractivity contribution in [1.82, 2.24) is 0 Å². The van der Waals surface area contributed by atoms with Gasteiger partial charge in [-0.05, 0) is 42.0 Å². The van der Waals surface area contributed by atoms with Gasteiger partial charge in [0.2, 0.25) is 0 Å². The molecule has 0 unspecified atom stereocenters. The van der Waals surface area contributed by atoms with E-state index in [4.69, 9.17) is 5.26 Å².